The van der Waals surface area contributed by atoms with Gasteiger partial charge >= 0.3 is 0 Å². The average molecular weight is 308 g/mol. The molecular formula is C18H16N2O3. The molecule has 5 nitrogen and oxygen atoms in total. The normalized spacial score (nSPS) is 10.7. The van der Waals surface area contributed by atoms with Gasteiger partial charge in [0.2, 0.25) is 0 Å². The summed E-state index contributed by atoms with van der Waals surface area (Å²) >= 11 is 0. The van der Waals surface area contributed by atoms with Crippen molar-refractivity contribution in [2.45, 2.75) is 20.8 Å². The second-order valence-electron chi connectivity index (χ2n) is 5.62. The average Bonchev–Trinajstić information content (AvgIpc) is 2.95. The number of para-hydroxylation sites is 1. The Hall–Kier alpha value is -2.95. The zero-order valence-electron chi connectivity index (χ0n) is 13.2. The Morgan fingerprint density at radius 3 is 2.35 bits per heavy atom. The number of nitrogens with zero attached hydrogens (tertiary/aromatic N) is 2. The van der Waals surface area contributed by atoms with Crippen LogP contribution in [0.2, 0.25) is 0 Å². The smallest absolute Gasteiger partial charge is 0.280 e. The summed E-state index contributed by atoms with van der Waals surface area (Å²) in [7, 11) is 0. The molecule has 3 aromatic rings. The maximum absolute atomic E-state index is 11.2. The molecule has 1 aromatic heterocycles. The minimum atomic E-state index is -0.417. The third kappa shape index (κ3) is 2.73. The number of hydrogen-bond acceptors (Lipinski definition) is 4. The number of hydrogen-bond donors (Lipinski definition) is 0. The third-order valence-corrected chi connectivity index (χ3v) is 3.81. The number of nitro groups is 1. The molecule has 5 heteroatoms. The molecule has 1 heterocycles. The van der Waals surface area contributed by atoms with Crippen molar-refractivity contribution in [3.63, 3.8) is 0 Å². The number of rotatable bonds is 3. The molecule has 0 bridgehead atoms. The van der Waals surface area contributed by atoms with Gasteiger partial charge in [-0.15, -0.1) is 0 Å². The molecule has 0 aliphatic heterocycles. The first-order chi connectivity index (χ1) is 11.0. The van der Waals surface area contributed by atoms with Crippen molar-refractivity contribution in [2.24, 2.45) is 0 Å². The van der Waals surface area contributed by atoms with Crippen molar-refractivity contribution < 1.29 is 9.45 Å². The van der Waals surface area contributed by atoms with Crippen LogP contribution in [-0.2, 0) is 0 Å². The quantitative estimate of drug-likeness (QED) is 0.512. The first-order valence-electron chi connectivity index (χ1n) is 7.26. The summed E-state index contributed by atoms with van der Waals surface area (Å²) in [6.07, 6.45) is 0. The molecule has 0 spiro atoms. The molecule has 0 amide bonds. The van der Waals surface area contributed by atoms with Gasteiger partial charge in [-0.25, -0.2) is 0 Å². The number of aromatic nitrogens is 1. The monoisotopic (exact) mass is 308 g/mol. The third-order valence-electron chi connectivity index (χ3n) is 3.81. The highest BCUT2D eigenvalue weighted by Crippen LogP contribution is 2.34. The molecule has 0 unspecified atom stereocenters. The first kappa shape index (κ1) is 15.0. The van der Waals surface area contributed by atoms with Crippen molar-refractivity contribution in [3.8, 4) is 22.6 Å². The van der Waals surface area contributed by atoms with E-state index in [0.29, 0.717) is 17.0 Å². The molecule has 23 heavy (non-hydrogen) atoms. The Bertz CT molecular complexity index is 874. The van der Waals surface area contributed by atoms with E-state index in [1.54, 1.807) is 24.3 Å². The Kier molecular flexibility index (Phi) is 3.70. The van der Waals surface area contributed by atoms with Crippen LogP contribution < -0.4 is 0 Å². The van der Waals surface area contributed by atoms with Gasteiger partial charge in [-0.05, 0) is 38.0 Å². The Balaban J connectivity index is 2.11. The standard InChI is InChI=1S/C18H16N2O3/c1-11-8-12(2)18(13(3)9-11)15-10-17(23-19-15)14-6-4-5-7-16(14)20(21)22/h4-10H,1-3H3. The molecule has 0 radical (unpaired) electrons. The summed E-state index contributed by atoms with van der Waals surface area (Å²) in [4.78, 5) is 10.7. The summed E-state index contributed by atoms with van der Waals surface area (Å²) in [6, 6.07) is 12.4. The van der Waals surface area contributed by atoms with Crippen LogP contribution >= 0.6 is 0 Å². The van der Waals surface area contributed by atoms with Gasteiger partial charge in [-0.2, -0.15) is 0 Å². The molecule has 0 fully saturated rings. The van der Waals surface area contributed by atoms with E-state index in [0.717, 1.165) is 16.7 Å². The van der Waals surface area contributed by atoms with Crippen molar-refractivity contribution in [2.75, 3.05) is 0 Å². The summed E-state index contributed by atoms with van der Waals surface area (Å²) in [5, 5.41) is 15.3. The molecule has 0 atom stereocenters. The first-order valence-corrected chi connectivity index (χ1v) is 7.26. The van der Waals surface area contributed by atoms with E-state index < -0.39 is 4.92 Å². The van der Waals surface area contributed by atoms with Crippen LogP contribution in [0, 0.1) is 30.9 Å². The predicted molar refractivity (Wildman–Crippen MR) is 88.2 cm³/mol. The van der Waals surface area contributed by atoms with E-state index in [-0.39, 0.29) is 5.69 Å². The van der Waals surface area contributed by atoms with Crippen molar-refractivity contribution in [1.29, 1.82) is 0 Å². The van der Waals surface area contributed by atoms with Gasteiger partial charge in [0.25, 0.3) is 5.69 Å². The van der Waals surface area contributed by atoms with Gasteiger partial charge in [0.15, 0.2) is 5.76 Å². The minimum absolute atomic E-state index is 0.00699. The fourth-order valence-electron chi connectivity index (χ4n) is 2.95. The largest absolute Gasteiger partial charge is 0.355 e. The molecule has 2 aromatic carbocycles. The summed E-state index contributed by atoms with van der Waals surface area (Å²) in [6.45, 7) is 6.09. The van der Waals surface area contributed by atoms with Gasteiger partial charge in [-0.3, -0.25) is 10.1 Å². The van der Waals surface area contributed by atoms with Crippen molar-refractivity contribution >= 4 is 5.69 Å². The SMILES string of the molecule is Cc1cc(C)c(-c2cc(-c3ccccc3[N+](=O)[O-])on2)c(C)c1. The van der Waals surface area contributed by atoms with Crippen LogP contribution in [0.5, 0.6) is 0 Å². The zero-order chi connectivity index (χ0) is 16.6. The summed E-state index contributed by atoms with van der Waals surface area (Å²) in [5.74, 6) is 0.395. The zero-order valence-corrected chi connectivity index (χ0v) is 13.2. The molecule has 0 aliphatic carbocycles. The molecular weight excluding hydrogens is 292 g/mol. The predicted octanol–water partition coefficient (Wildman–Crippen LogP) is 4.84. The van der Waals surface area contributed by atoms with E-state index in [1.165, 1.54) is 11.6 Å². The lowest BCUT2D eigenvalue weighted by atomic mass is 9.97. The molecule has 0 saturated carbocycles. The van der Waals surface area contributed by atoms with Gasteiger partial charge in [0, 0.05) is 17.7 Å². The fraction of sp³-hybridized carbons (Fsp3) is 0.167. The van der Waals surface area contributed by atoms with Crippen LogP contribution in [0.1, 0.15) is 16.7 Å². The van der Waals surface area contributed by atoms with E-state index in [4.69, 9.17) is 4.52 Å². The van der Waals surface area contributed by atoms with Crippen LogP contribution in [0.15, 0.2) is 47.0 Å². The van der Waals surface area contributed by atoms with Gasteiger partial charge in [0.05, 0.1) is 10.5 Å². The number of benzene rings is 2. The van der Waals surface area contributed by atoms with Gasteiger partial charge in [-0.1, -0.05) is 35.0 Å². The molecule has 0 saturated heterocycles. The van der Waals surface area contributed by atoms with E-state index in [9.17, 15) is 10.1 Å². The van der Waals surface area contributed by atoms with E-state index >= 15 is 0 Å². The Morgan fingerprint density at radius 1 is 1.04 bits per heavy atom. The molecule has 0 aliphatic rings. The summed E-state index contributed by atoms with van der Waals surface area (Å²) < 4.78 is 5.38. The van der Waals surface area contributed by atoms with Gasteiger partial charge < -0.3 is 4.52 Å². The molecule has 116 valence electrons. The van der Waals surface area contributed by atoms with E-state index in [1.807, 2.05) is 20.8 Å². The fourth-order valence-corrected chi connectivity index (χ4v) is 2.95. The van der Waals surface area contributed by atoms with Crippen LogP contribution in [-0.4, -0.2) is 10.1 Å². The highest BCUT2D eigenvalue weighted by molar-refractivity contribution is 5.75. The highest BCUT2D eigenvalue weighted by atomic mass is 16.6. The lowest BCUT2D eigenvalue weighted by Crippen LogP contribution is -1.90. The maximum atomic E-state index is 11.2. The topological polar surface area (TPSA) is 69.2 Å². The van der Waals surface area contributed by atoms with Crippen LogP contribution in [0.4, 0.5) is 5.69 Å². The summed E-state index contributed by atoms with van der Waals surface area (Å²) in [5.41, 5.74) is 5.52. The van der Waals surface area contributed by atoms with Gasteiger partial charge in [0.1, 0.15) is 5.69 Å². The van der Waals surface area contributed by atoms with Crippen molar-refractivity contribution in [3.05, 3.63) is 69.3 Å². The van der Waals surface area contributed by atoms with Crippen LogP contribution in [0.3, 0.4) is 0 Å². The van der Waals surface area contributed by atoms with Crippen molar-refractivity contribution in [1.82, 2.24) is 5.16 Å². The maximum Gasteiger partial charge on any atom is 0.280 e. The number of aryl methyl sites for hydroxylation is 3. The Morgan fingerprint density at radius 2 is 1.70 bits per heavy atom. The lowest BCUT2D eigenvalue weighted by molar-refractivity contribution is -0.384. The second-order valence-corrected chi connectivity index (χ2v) is 5.62. The lowest BCUT2D eigenvalue weighted by Gasteiger charge is -2.07. The highest BCUT2D eigenvalue weighted by Gasteiger charge is 2.19. The molecule has 3 rings (SSSR count). The second kappa shape index (κ2) is 5.68. The Labute approximate surface area is 133 Å². The van der Waals surface area contributed by atoms with E-state index in [2.05, 4.69) is 17.3 Å². The number of nitro benzene ring substituents is 1. The van der Waals surface area contributed by atoms with Crippen LogP contribution in [0.25, 0.3) is 22.6 Å². The minimum Gasteiger partial charge on any atom is -0.355 e. The molecule has 0 N–H and O–H groups in total.